The number of allylic oxidation sites excluding steroid dienone is 1. The van der Waals surface area contributed by atoms with Crippen LogP contribution in [0.1, 0.15) is 19.4 Å². The maximum absolute atomic E-state index is 11.4. The molecule has 0 saturated carbocycles. The molecule has 0 aromatic heterocycles. The van der Waals surface area contributed by atoms with E-state index >= 15 is 0 Å². The van der Waals surface area contributed by atoms with Gasteiger partial charge < -0.3 is 29.9 Å². The molecule has 0 spiro atoms. The Morgan fingerprint density at radius 2 is 1.62 bits per heavy atom. The topological polar surface area (TPSA) is 134 Å². The minimum atomic E-state index is -1.53. The van der Waals surface area contributed by atoms with Crippen molar-refractivity contribution in [1.82, 2.24) is 0 Å². The summed E-state index contributed by atoms with van der Waals surface area (Å²) in [5.74, 6) is -0.378. The van der Waals surface area contributed by atoms with Crippen LogP contribution >= 0.6 is 0 Å². The molecule has 5 unspecified atom stereocenters. The lowest BCUT2D eigenvalue weighted by atomic mass is 9.99. The Kier molecular flexibility index (Phi) is 6.63. The van der Waals surface area contributed by atoms with E-state index in [0.717, 1.165) is 0 Å². The fourth-order valence-electron chi connectivity index (χ4n) is 2.56. The summed E-state index contributed by atoms with van der Waals surface area (Å²) in [6.07, 6.45) is -5.37. The first-order chi connectivity index (χ1) is 12.2. The van der Waals surface area contributed by atoms with Crippen LogP contribution in [0, 0.1) is 0 Å². The van der Waals surface area contributed by atoms with Gasteiger partial charge in [-0.25, -0.2) is 0 Å². The Morgan fingerprint density at radius 3 is 2.12 bits per heavy atom. The monoisotopic (exact) mass is 366 g/mol. The largest absolute Gasteiger partial charge is 0.462 e. The van der Waals surface area contributed by atoms with E-state index in [0.29, 0.717) is 11.3 Å². The number of aliphatic hydroxyl groups is 4. The molecule has 1 aliphatic heterocycles. The standard InChI is InChI=1S/C18H22O8/c1-9(20)13(10(2)21)7-11-3-5-12(6-4-11)25-18-17(24)16(23)15(22)14(8-19)26-18/h3-7,14-19,22-24H,8H2,1-2H3. The molecule has 0 bridgehead atoms. The molecule has 4 N–H and O–H groups in total. The maximum Gasteiger partial charge on any atom is 0.229 e. The molecule has 0 radical (unpaired) electrons. The van der Waals surface area contributed by atoms with Gasteiger partial charge in [0.05, 0.1) is 12.2 Å². The van der Waals surface area contributed by atoms with Crippen molar-refractivity contribution in [3.05, 3.63) is 35.4 Å². The predicted molar refractivity (Wildman–Crippen MR) is 90.2 cm³/mol. The summed E-state index contributed by atoms with van der Waals surface area (Å²) in [4.78, 5) is 22.9. The summed E-state index contributed by atoms with van der Waals surface area (Å²) in [5, 5.41) is 38.6. The number of rotatable bonds is 6. The summed E-state index contributed by atoms with van der Waals surface area (Å²) in [6.45, 7) is 2.07. The zero-order valence-corrected chi connectivity index (χ0v) is 14.4. The molecule has 1 aliphatic rings. The molecule has 1 heterocycles. The first-order valence-corrected chi connectivity index (χ1v) is 8.05. The minimum Gasteiger partial charge on any atom is -0.462 e. The molecular formula is C18H22O8. The van der Waals surface area contributed by atoms with E-state index < -0.39 is 37.3 Å². The lowest BCUT2D eigenvalue weighted by Crippen LogP contribution is -2.60. The SMILES string of the molecule is CC(=O)C(=Cc1ccc(OC2OC(CO)C(O)C(O)C2O)cc1)C(C)=O. The number of hydrogen-bond acceptors (Lipinski definition) is 8. The summed E-state index contributed by atoms with van der Waals surface area (Å²) in [6, 6.07) is 6.27. The third kappa shape index (κ3) is 4.54. The molecule has 142 valence electrons. The Labute approximate surface area is 150 Å². The van der Waals surface area contributed by atoms with Crippen LogP contribution in [0.15, 0.2) is 29.8 Å². The van der Waals surface area contributed by atoms with Crippen molar-refractivity contribution in [2.75, 3.05) is 6.61 Å². The van der Waals surface area contributed by atoms with E-state index in [9.17, 15) is 24.9 Å². The van der Waals surface area contributed by atoms with Gasteiger partial charge in [-0.05, 0) is 37.6 Å². The molecule has 1 fully saturated rings. The molecule has 1 saturated heterocycles. The number of ketones is 2. The van der Waals surface area contributed by atoms with E-state index in [1.165, 1.54) is 32.1 Å². The molecule has 5 atom stereocenters. The van der Waals surface area contributed by atoms with Crippen molar-refractivity contribution < 1.29 is 39.5 Å². The summed E-state index contributed by atoms with van der Waals surface area (Å²) in [5.41, 5.74) is 0.680. The quantitative estimate of drug-likeness (QED) is 0.299. The van der Waals surface area contributed by atoms with Crippen LogP contribution in [0.25, 0.3) is 6.08 Å². The smallest absolute Gasteiger partial charge is 0.229 e. The number of benzene rings is 1. The predicted octanol–water partition coefficient (Wildman–Crippen LogP) is -0.573. The van der Waals surface area contributed by atoms with Gasteiger partial charge in [-0.2, -0.15) is 0 Å². The van der Waals surface area contributed by atoms with Crippen molar-refractivity contribution >= 4 is 17.6 Å². The molecule has 1 aromatic rings. The molecular weight excluding hydrogens is 344 g/mol. The number of carbonyl (C=O) groups is 2. The fourth-order valence-corrected chi connectivity index (χ4v) is 2.56. The van der Waals surface area contributed by atoms with Crippen molar-refractivity contribution in [2.24, 2.45) is 0 Å². The first kappa shape index (κ1) is 20.2. The Balaban J connectivity index is 2.13. The number of Topliss-reactive ketones (excluding diaryl/α,β-unsaturated/α-hetero) is 2. The van der Waals surface area contributed by atoms with E-state index in [1.807, 2.05) is 0 Å². The molecule has 2 rings (SSSR count). The highest BCUT2D eigenvalue weighted by atomic mass is 16.7. The Hall–Kier alpha value is -2.10. The Bertz CT molecular complexity index is 663. The highest BCUT2D eigenvalue weighted by Crippen LogP contribution is 2.24. The van der Waals surface area contributed by atoms with Crippen LogP contribution in [-0.4, -0.2) is 69.3 Å². The molecule has 26 heavy (non-hydrogen) atoms. The fraction of sp³-hybridized carbons (Fsp3) is 0.444. The maximum atomic E-state index is 11.4. The molecule has 0 amide bonds. The highest BCUT2D eigenvalue weighted by Gasteiger charge is 2.44. The second kappa shape index (κ2) is 8.52. The third-order valence-corrected chi connectivity index (χ3v) is 4.05. The van der Waals surface area contributed by atoms with Gasteiger partial charge in [0.15, 0.2) is 11.6 Å². The van der Waals surface area contributed by atoms with Crippen LogP contribution in [0.5, 0.6) is 5.75 Å². The summed E-state index contributed by atoms with van der Waals surface area (Å²) >= 11 is 0. The average molecular weight is 366 g/mol. The van der Waals surface area contributed by atoms with Gasteiger partial charge in [0.25, 0.3) is 0 Å². The molecule has 1 aromatic carbocycles. The molecule has 8 heteroatoms. The van der Waals surface area contributed by atoms with Gasteiger partial charge in [0, 0.05) is 0 Å². The van der Waals surface area contributed by atoms with Crippen LogP contribution in [0.3, 0.4) is 0 Å². The highest BCUT2D eigenvalue weighted by molar-refractivity contribution is 6.21. The van der Waals surface area contributed by atoms with Gasteiger partial charge >= 0.3 is 0 Å². The lowest BCUT2D eigenvalue weighted by Gasteiger charge is -2.39. The van der Waals surface area contributed by atoms with Crippen LogP contribution in [0.4, 0.5) is 0 Å². The second-order valence-corrected chi connectivity index (χ2v) is 6.05. The van der Waals surface area contributed by atoms with Crippen LogP contribution in [0.2, 0.25) is 0 Å². The van der Waals surface area contributed by atoms with Crippen LogP contribution < -0.4 is 4.74 Å². The van der Waals surface area contributed by atoms with Gasteiger partial charge in [0.1, 0.15) is 30.2 Å². The van der Waals surface area contributed by atoms with Crippen molar-refractivity contribution in [3.8, 4) is 5.75 Å². The Morgan fingerprint density at radius 1 is 1.04 bits per heavy atom. The molecule has 8 nitrogen and oxygen atoms in total. The second-order valence-electron chi connectivity index (χ2n) is 6.05. The van der Waals surface area contributed by atoms with Gasteiger partial charge in [-0.3, -0.25) is 9.59 Å². The molecule has 0 aliphatic carbocycles. The van der Waals surface area contributed by atoms with Gasteiger partial charge in [-0.1, -0.05) is 12.1 Å². The van der Waals surface area contributed by atoms with E-state index in [2.05, 4.69) is 0 Å². The normalized spacial score (nSPS) is 28.3. The number of aliphatic hydroxyl groups excluding tert-OH is 4. The van der Waals surface area contributed by atoms with Gasteiger partial charge in [0.2, 0.25) is 6.29 Å². The third-order valence-electron chi connectivity index (χ3n) is 4.05. The van der Waals surface area contributed by atoms with Crippen LogP contribution in [-0.2, 0) is 14.3 Å². The zero-order valence-electron chi connectivity index (χ0n) is 14.4. The van der Waals surface area contributed by atoms with Crippen molar-refractivity contribution in [2.45, 2.75) is 44.6 Å². The zero-order chi connectivity index (χ0) is 19.4. The summed E-state index contributed by atoms with van der Waals surface area (Å²) in [7, 11) is 0. The number of ether oxygens (including phenoxy) is 2. The minimum absolute atomic E-state index is 0.0765. The van der Waals surface area contributed by atoms with Crippen molar-refractivity contribution in [1.29, 1.82) is 0 Å². The first-order valence-electron chi connectivity index (χ1n) is 8.05. The number of hydrogen-bond donors (Lipinski definition) is 4. The van der Waals surface area contributed by atoms with E-state index in [1.54, 1.807) is 12.1 Å². The number of carbonyl (C=O) groups excluding carboxylic acids is 2. The van der Waals surface area contributed by atoms with E-state index in [4.69, 9.17) is 14.6 Å². The van der Waals surface area contributed by atoms with Crippen molar-refractivity contribution in [3.63, 3.8) is 0 Å². The van der Waals surface area contributed by atoms with E-state index in [-0.39, 0.29) is 17.1 Å². The summed E-state index contributed by atoms with van der Waals surface area (Å²) < 4.78 is 10.7. The lowest BCUT2D eigenvalue weighted by molar-refractivity contribution is -0.277. The average Bonchev–Trinajstić information content (AvgIpc) is 2.60. The van der Waals surface area contributed by atoms with Gasteiger partial charge in [-0.15, -0.1) is 0 Å².